The molecule has 0 radical (unpaired) electrons. The lowest BCUT2D eigenvalue weighted by molar-refractivity contribution is -0.134. The van der Waals surface area contributed by atoms with E-state index in [4.69, 9.17) is 9.47 Å². The minimum absolute atomic E-state index is 0.00591. The van der Waals surface area contributed by atoms with E-state index in [9.17, 15) is 9.59 Å². The molecule has 6 nitrogen and oxygen atoms in total. The smallest absolute Gasteiger partial charge is 0.260 e. The van der Waals surface area contributed by atoms with Crippen LogP contribution in [-0.4, -0.2) is 49.1 Å². The highest BCUT2D eigenvalue weighted by atomic mass is 16.5. The number of para-hydroxylation sites is 1. The Hall–Kier alpha value is -3.02. The van der Waals surface area contributed by atoms with Crippen LogP contribution in [0.2, 0.25) is 0 Å². The second kappa shape index (κ2) is 11.2. The second-order valence-electron chi connectivity index (χ2n) is 7.51. The lowest BCUT2D eigenvalue weighted by atomic mass is 10.1. The number of carbonyl (C=O) groups is 2. The summed E-state index contributed by atoms with van der Waals surface area (Å²) in [6, 6.07) is 17.2. The third kappa shape index (κ3) is 6.79. The van der Waals surface area contributed by atoms with Crippen molar-refractivity contribution in [2.45, 2.75) is 38.6 Å². The molecule has 1 heterocycles. The molecule has 0 bridgehead atoms. The fourth-order valence-corrected chi connectivity index (χ4v) is 3.49. The van der Waals surface area contributed by atoms with Crippen molar-refractivity contribution in [1.82, 2.24) is 10.2 Å². The second-order valence-corrected chi connectivity index (χ2v) is 7.51. The maximum atomic E-state index is 12.4. The fraction of sp³-hybridized carbons (Fsp3) is 0.417. The summed E-state index contributed by atoms with van der Waals surface area (Å²) in [7, 11) is 0. The number of likely N-dealkylation sites (tertiary alicyclic amines) is 1. The lowest BCUT2D eigenvalue weighted by Gasteiger charge is -2.32. The topological polar surface area (TPSA) is 67.9 Å². The molecule has 1 aliphatic rings. The summed E-state index contributed by atoms with van der Waals surface area (Å²) in [6.07, 6.45) is 3.61. The maximum absolute atomic E-state index is 12.4. The number of carbonyl (C=O) groups excluding carboxylic acids is 2. The van der Waals surface area contributed by atoms with Gasteiger partial charge in [0.05, 0.1) is 0 Å². The molecule has 0 unspecified atom stereocenters. The quantitative estimate of drug-likeness (QED) is 0.689. The van der Waals surface area contributed by atoms with E-state index in [0.717, 1.165) is 25.7 Å². The third-order valence-electron chi connectivity index (χ3n) is 5.15. The van der Waals surface area contributed by atoms with Crippen LogP contribution in [-0.2, 0) is 16.0 Å². The van der Waals surface area contributed by atoms with Gasteiger partial charge in [-0.15, -0.1) is 0 Å². The van der Waals surface area contributed by atoms with Gasteiger partial charge in [0.2, 0.25) is 0 Å². The number of aryl methyl sites for hydroxylation is 1. The summed E-state index contributed by atoms with van der Waals surface area (Å²) >= 11 is 0. The Morgan fingerprint density at radius 2 is 1.57 bits per heavy atom. The minimum atomic E-state index is -0.140. The Kier molecular flexibility index (Phi) is 8.12. The van der Waals surface area contributed by atoms with Crippen LogP contribution in [0.5, 0.6) is 11.5 Å². The lowest BCUT2D eigenvalue weighted by Crippen LogP contribution is -2.48. The molecule has 2 aromatic rings. The van der Waals surface area contributed by atoms with E-state index in [1.54, 1.807) is 4.90 Å². The standard InChI is InChI=1S/C24H30N2O4/c1-2-6-19-9-11-22(12-10-19)30-18-24(28)26-15-13-20(14-16-26)25-23(27)17-29-21-7-4-3-5-8-21/h3-5,7-12,20H,2,6,13-18H2,1H3,(H,25,27). The maximum Gasteiger partial charge on any atom is 0.260 e. The molecular weight excluding hydrogens is 380 g/mol. The van der Waals surface area contributed by atoms with Crippen LogP contribution < -0.4 is 14.8 Å². The number of rotatable bonds is 9. The van der Waals surface area contributed by atoms with Crippen molar-refractivity contribution in [3.63, 3.8) is 0 Å². The molecule has 1 N–H and O–H groups in total. The van der Waals surface area contributed by atoms with Crippen LogP contribution >= 0.6 is 0 Å². The predicted octanol–water partition coefficient (Wildman–Crippen LogP) is 3.20. The number of ether oxygens (including phenoxy) is 2. The summed E-state index contributed by atoms with van der Waals surface area (Å²) in [5, 5.41) is 2.99. The number of benzene rings is 2. The van der Waals surface area contributed by atoms with Crippen molar-refractivity contribution in [1.29, 1.82) is 0 Å². The molecule has 0 aromatic heterocycles. The Labute approximate surface area is 178 Å². The Balaban J connectivity index is 1.34. The van der Waals surface area contributed by atoms with Gasteiger partial charge in [0.1, 0.15) is 11.5 Å². The van der Waals surface area contributed by atoms with Crippen molar-refractivity contribution >= 4 is 11.8 Å². The number of hydrogen-bond donors (Lipinski definition) is 1. The van der Waals surface area contributed by atoms with Crippen LogP contribution in [0.1, 0.15) is 31.7 Å². The van der Waals surface area contributed by atoms with Crippen LogP contribution in [0, 0.1) is 0 Å². The van der Waals surface area contributed by atoms with Crippen LogP contribution in [0.4, 0.5) is 0 Å². The van der Waals surface area contributed by atoms with Crippen LogP contribution in [0.15, 0.2) is 54.6 Å². The Morgan fingerprint density at radius 3 is 2.23 bits per heavy atom. The Morgan fingerprint density at radius 1 is 0.933 bits per heavy atom. The number of nitrogens with one attached hydrogen (secondary N) is 1. The fourth-order valence-electron chi connectivity index (χ4n) is 3.49. The average molecular weight is 411 g/mol. The molecule has 160 valence electrons. The summed E-state index contributed by atoms with van der Waals surface area (Å²) in [4.78, 5) is 26.3. The average Bonchev–Trinajstić information content (AvgIpc) is 2.78. The molecule has 1 saturated heterocycles. The number of nitrogens with zero attached hydrogens (tertiary/aromatic N) is 1. The first kappa shape index (κ1) is 21.7. The van der Waals surface area contributed by atoms with Gasteiger partial charge in [-0.25, -0.2) is 0 Å². The first-order valence-electron chi connectivity index (χ1n) is 10.6. The van der Waals surface area contributed by atoms with E-state index in [-0.39, 0.29) is 31.1 Å². The first-order chi connectivity index (χ1) is 14.6. The van der Waals surface area contributed by atoms with E-state index < -0.39 is 0 Å². The number of piperidine rings is 1. The molecule has 0 aliphatic carbocycles. The van der Waals surface area contributed by atoms with Gasteiger partial charge in [-0.3, -0.25) is 9.59 Å². The summed E-state index contributed by atoms with van der Waals surface area (Å²) < 4.78 is 11.1. The van der Waals surface area contributed by atoms with E-state index in [1.165, 1.54) is 5.56 Å². The highest BCUT2D eigenvalue weighted by Gasteiger charge is 2.24. The molecule has 2 aromatic carbocycles. The van der Waals surface area contributed by atoms with Crippen molar-refractivity contribution < 1.29 is 19.1 Å². The van der Waals surface area contributed by atoms with Gasteiger partial charge in [-0.2, -0.15) is 0 Å². The van der Waals surface area contributed by atoms with Gasteiger partial charge in [-0.1, -0.05) is 43.7 Å². The molecule has 0 atom stereocenters. The first-order valence-corrected chi connectivity index (χ1v) is 10.6. The zero-order valence-corrected chi connectivity index (χ0v) is 17.5. The molecule has 2 amide bonds. The zero-order chi connectivity index (χ0) is 21.2. The van der Waals surface area contributed by atoms with Crippen molar-refractivity contribution in [2.24, 2.45) is 0 Å². The molecule has 3 rings (SSSR count). The van der Waals surface area contributed by atoms with E-state index >= 15 is 0 Å². The highest BCUT2D eigenvalue weighted by molar-refractivity contribution is 5.79. The van der Waals surface area contributed by atoms with Gasteiger partial charge < -0.3 is 19.7 Å². The van der Waals surface area contributed by atoms with Gasteiger partial charge in [0.25, 0.3) is 11.8 Å². The van der Waals surface area contributed by atoms with Gasteiger partial charge in [-0.05, 0) is 49.1 Å². The Bertz CT molecular complexity index is 800. The molecule has 0 spiro atoms. The molecule has 0 saturated carbocycles. The van der Waals surface area contributed by atoms with Crippen molar-refractivity contribution in [3.8, 4) is 11.5 Å². The summed E-state index contributed by atoms with van der Waals surface area (Å²) in [5.74, 6) is 1.22. The number of hydrogen-bond acceptors (Lipinski definition) is 4. The monoisotopic (exact) mass is 410 g/mol. The molecular formula is C24H30N2O4. The zero-order valence-electron chi connectivity index (χ0n) is 17.5. The normalized spacial score (nSPS) is 14.2. The highest BCUT2D eigenvalue weighted by Crippen LogP contribution is 2.15. The molecule has 1 fully saturated rings. The van der Waals surface area contributed by atoms with Gasteiger partial charge in [0.15, 0.2) is 13.2 Å². The van der Waals surface area contributed by atoms with Gasteiger partial charge in [0, 0.05) is 19.1 Å². The largest absolute Gasteiger partial charge is 0.484 e. The minimum Gasteiger partial charge on any atom is -0.484 e. The van der Waals surface area contributed by atoms with Gasteiger partial charge >= 0.3 is 0 Å². The van der Waals surface area contributed by atoms with Crippen LogP contribution in [0.25, 0.3) is 0 Å². The van der Waals surface area contributed by atoms with E-state index in [1.807, 2.05) is 54.6 Å². The summed E-state index contributed by atoms with van der Waals surface area (Å²) in [6.45, 7) is 3.41. The van der Waals surface area contributed by atoms with Crippen molar-refractivity contribution in [2.75, 3.05) is 26.3 Å². The molecule has 6 heteroatoms. The third-order valence-corrected chi connectivity index (χ3v) is 5.15. The van der Waals surface area contributed by atoms with Crippen LogP contribution in [0.3, 0.4) is 0 Å². The predicted molar refractivity (Wildman–Crippen MR) is 116 cm³/mol. The SMILES string of the molecule is CCCc1ccc(OCC(=O)N2CCC(NC(=O)COc3ccccc3)CC2)cc1. The van der Waals surface area contributed by atoms with E-state index in [0.29, 0.717) is 24.6 Å². The number of amides is 2. The van der Waals surface area contributed by atoms with E-state index in [2.05, 4.69) is 12.2 Å². The molecule has 30 heavy (non-hydrogen) atoms. The van der Waals surface area contributed by atoms with Crippen molar-refractivity contribution in [3.05, 3.63) is 60.2 Å². The summed E-state index contributed by atoms with van der Waals surface area (Å²) in [5.41, 5.74) is 1.27. The molecule has 1 aliphatic heterocycles.